The van der Waals surface area contributed by atoms with Crippen LogP contribution in [0.3, 0.4) is 0 Å². The predicted octanol–water partition coefficient (Wildman–Crippen LogP) is 3.36. The summed E-state index contributed by atoms with van der Waals surface area (Å²) in [6.45, 7) is 0. The number of non-ortho nitro benzene ring substituents is 1. The highest BCUT2D eigenvalue weighted by atomic mass is 16.6. The molecule has 0 spiro atoms. The first-order chi connectivity index (χ1) is 11.5. The molecule has 3 aromatic rings. The van der Waals surface area contributed by atoms with Crippen LogP contribution in [0.25, 0.3) is 11.0 Å². The molecule has 0 aliphatic carbocycles. The molecule has 0 bridgehead atoms. The number of ether oxygens (including phenoxy) is 1. The molecule has 1 heterocycles. The van der Waals surface area contributed by atoms with E-state index in [0.29, 0.717) is 16.5 Å². The van der Waals surface area contributed by atoms with Gasteiger partial charge in [0.25, 0.3) is 5.69 Å². The van der Waals surface area contributed by atoms with Crippen molar-refractivity contribution in [1.29, 1.82) is 0 Å². The number of methoxy groups -OCH3 is 1. The molecule has 0 unspecified atom stereocenters. The van der Waals surface area contributed by atoms with Gasteiger partial charge < -0.3 is 9.15 Å². The maximum Gasteiger partial charge on any atom is 0.337 e. The lowest BCUT2D eigenvalue weighted by molar-refractivity contribution is -0.384. The standard InChI is InChI=1S/C17H11NO6/c1-23-17(20)11-5-6-14-12(7-11)9-15(24-14)16(19)10-3-2-4-13(8-10)18(21)22/h2-9H,1H3. The van der Waals surface area contributed by atoms with Gasteiger partial charge in [-0.1, -0.05) is 12.1 Å². The van der Waals surface area contributed by atoms with Crippen molar-refractivity contribution in [3.8, 4) is 0 Å². The average molecular weight is 325 g/mol. The molecule has 0 saturated carbocycles. The Balaban J connectivity index is 2.00. The van der Waals surface area contributed by atoms with Crippen LogP contribution in [-0.2, 0) is 4.74 Å². The Labute approximate surface area is 135 Å². The lowest BCUT2D eigenvalue weighted by Crippen LogP contribution is -2.00. The summed E-state index contributed by atoms with van der Waals surface area (Å²) >= 11 is 0. The predicted molar refractivity (Wildman–Crippen MR) is 84.1 cm³/mol. The SMILES string of the molecule is COC(=O)c1ccc2oc(C(=O)c3cccc([N+](=O)[O-])c3)cc2c1. The van der Waals surface area contributed by atoms with Gasteiger partial charge in [0.1, 0.15) is 5.58 Å². The molecule has 0 fully saturated rings. The number of nitro benzene ring substituents is 1. The number of carbonyl (C=O) groups is 2. The number of hydrogen-bond donors (Lipinski definition) is 0. The zero-order chi connectivity index (χ0) is 17.3. The van der Waals surface area contributed by atoms with Gasteiger partial charge in [0.05, 0.1) is 17.6 Å². The van der Waals surface area contributed by atoms with Crippen molar-refractivity contribution in [3.05, 3.63) is 75.5 Å². The molecular formula is C17H11NO6. The van der Waals surface area contributed by atoms with Gasteiger partial charge >= 0.3 is 5.97 Å². The smallest absolute Gasteiger partial charge is 0.337 e. The van der Waals surface area contributed by atoms with Crippen molar-refractivity contribution in [2.75, 3.05) is 7.11 Å². The van der Waals surface area contributed by atoms with Crippen molar-refractivity contribution in [2.24, 2.45) is 0 Å². The molecule has 7 heteroatoms. The summed E-state index contributed by atoms with van der Waals surface area (Å²) in [6.07, 6.45) is 0. The zero-order valence-corrected chi connectivity index (χ0v) is 12.5. The van der Waals surface area contributed by atoms with E-state index in [0.717, 1.165) is 0 Å². The Kier molecular flexibility index (Phi) is 3.83. The highest BCUT2D eigenvalue weighted by molar-refractivity contribution is 6.09. The first kappa shape index (κ1) is 15.4. The number of furan rings is 1. The number of esters is 1. The van der Waals surface area contributed by atoms with Crippen LogP contribution in [0.2, 0.25) is 0 Å². The van der Waals surface area contributed by atoms with Gasteiger partial charge in [0.2, 0.25) is 5.78 Å². The third kappa shape index (κ3) is 2.74. The summed E-state index contributed by atoms with van der Waals surface area (Å²) in [5, 5.41) is 11.4. The molecule has 3 rings (SSSR count). The van der Waals surface area contributed by atoms with E-state index in [2.05, 4.69) is 4.74 Å². The quantitative estimate of drug-likeness (QED) is 0.315. The minimum absolute atomic E-state index is 0.0347. The number of nitrogens with zero attached hydrogens (tertiary/aromatic N) is 1. The first-order valence-electron chi connectivity index (χ1n) is 6.90. The summed E-state index contributed by atoms with van der Waals surface area (Å²) < 4.78 is 10.1. The second-order valence-corrected chi connectivity index (χ2v) is 4.99. The van der Waals surface area contributed by atoms with Crippen LogP contribution < -0.4 is 0 Å². The number of carbonyl (C=O) groups excluding carboxylic acids is 2. The molecule has 0 saturated heterocycles. The molecule has 0 N–H and O–H groups in total. The van der Waals surface area contributed by atoms with Crippen LogP contribution in [-0.4, -0.2) is 23.8 Å². The number of hydrogen-bond acceptors (Lipinski definition) is 6. The highest BCUT2D eigenvalue weighted by Gasteiger charge is 2.18. The average Bonchev–Trinajstić information content (AvgIpc) is 3.03. The second kappa shape index (κ2) is 5.96. The minimum atomic E-state index is -0.571. The van der Waals surface area contributed by atoms with Gasteiger partial charge in [-0.2, -0.15) is 0 Å². The number of ketones is 1. The van der Waals surface area contributed by atoms with E-state index < -0.39 is 16.7 Å². The second-order valence-electron chi connectivity index (χ2n) is 4.99. The molecular weight excluding hydrogens is 314 g/mol. The van der Waals surface area contributed by atoms with E-state index in [1.807, 2.05) is 0 Å². The van der Waals surface area contributed by atoms with E-state index in [-0.39, 0.29) is 17.0 Å². The van der Waals surface area contributed by atoms with Crippen LogP contribution in [0.5, 0.6) is 0 Å². The molecule has 2 aromatic carbocycles. The van der Waals surface area contributed by atoms with Crippen LogP contribution in [0.15, 0.2) is 52.9 Å². The van der Waals surface area contributed by atoms with E-state index >= 15 is 0 Å². The van der Waals surface area contributed by atoms with Crippen molar-refractivity contribution in [1.82, 2.24) is 0 Å². The summed E-state index contributed by atoms with van der Waals surface area (Å²) in [5.41, 5.74) is 0.734. The lowest BCUT2D eigenvalue weighted by atomic mass is 10.1. The van der Waals surface area contributed by atoms with E-state index in [9.17, 15) is 19.7 Å². The molecule has 24 heavy (non-hydrogen) atoms. The van der Waals surface area contributed by atoms with Gasteiger partial charge in [-0.15, -0.1) is 0 Å². The van der Waals surface area contributed by atoms with Crippen LogP contribution in [0.4, 0.5) is 5.69 Å². The van der Waals surface area contributed by atoms with Gasteiger partial charge in [0.15, 0.2) is 5.76 Å². The maximum absolute atomic E-state index is 12.5. The third-order valence-electron chi connectivity index (χ3n) is 3.48. The molecule has 1 aromatic heterocycles. The van der Waals surface area contributed by atoms with E-state index in [1.54, 1.807) is 12.1 Å². The van der Waals surface area contributed by atoms with E-state index in [4.69, 9.17) is 4.42 Å². The van der Waals surface area contributed by atoms with Crippen LogP contribution in [0, 0.1) is 10.1 Å². The summed E-state index contributed by atoms with van der Waals surface area (Å²) in [4.78, 5) is 34.2. The number of nitro groups is 1. The van der Waals surface area contributed by atoms with Gasteiger partial charge in [-0.05, 0) is 24.3 Å². The van der Waals surface area contributed by atoms with Crippen molar-refractivity contribution in [2.45, 2.75) is 0 Å². The minimum Gasteiger partial charge on any atom is -0.465 e. The fourth-order valence-electron chi connectivity index (χ4n) is 2.30. The lowest BCUT2D eigenvalue weighted by Gasteiger charge is -1.97. The molecule has 0 amide bonds. The normalized spacial score (nSPS) is 10.5. The third-order valence-corrected chi connectivity index (χ3v) is 3.48. The van der Waals surface area contributed by atoms with Crippen LogP contribution >= 0.6 is 0 Å². The maximum atomic E-state index is 12.5. The topological polar surface area (TPSA) is 99.7 Å². The number of rotatable bonds is 4. The molecule has 120 valence electrons. The number of fused-ring (bicyclic) bond motifs is 1. The van der Waals surface area contributed by atoms with Crippen molar-refractivity contribution < 1.29 is 23.7 Å². The highest BCUT2D eigenvalue weighted by Crippen LogP contribution is 2.24. The van der Waals surface area contributed by atoms with Crippen LogP contribution in [0.1, 0.15) is 26.5 Å². The Hall–Kier alpha value is -3.48. The monoisotopic (exact) mass is 325 g/mol. The molecule has 7 nitrogen and oxygen atoms in total. The number of benzene rings is 2. The fourth-order valence-corrected chi connectivity index (χ4v) is 2.30. The zero-order valence-electron chi connectivity index (χ0n) is 12.5. The molecule has 0 radical (unpaired) electrons. The van der Waals surface area contributed by atoms with Gasteiger partial charge in [-0.3, -0.25) is 14.9 Å². The molecule has 0 aliphatic heterocycles. The molecule has 0 atom stereocenters. The summed E-state index contributed by atoms with van der Waals surface area (Å²) in [5.74, 6) is -0.938. The van der Waals surface area contributed by atoms with Crippen molar-refractivity contribution in [3.63, 3.8) is 0 Å². The van der Waals surface area contributed by atoms with Gasteiger partial charge in [0, 0.05) is 23.1 Å². The Morgan fingerprint density at radius 2 is 1.88 bits per heavy atom. The fraction of sp³-hybridized carbons (Fsp3) is 0.0588. The first-order valence-corrected chi connectivity index (χ1v) is 6.90. The van der Waals surface area contributed by atoms with Crippen molar-refractivity contribution >= 4 is 28.4 Å². The summed E-state index contributed by atoms with van der Waals surface area (Å²) in [6, 6.07) is 11.5. The Morgan fingerprint density at radius 3 is 2.58 bits per heavy atom. The Bertz CT molecular complexity index is 972. The molecule has 0 aliphatic rings. The van der Waals surface area contributed by atoms with Gasteiger partial charge in [-0.25, -0.2) is 4.79 Å². The van der Waals surface area contributed by atoms with E-state index in [1.165, 1.54) is 43.5 Å². The summed E-state index contributed by atoms with van der Waals surface area (Å²) in [7, 11) is 1.28. The Morgan fingerprint density at radius 1 is 1.08 bits per heavy atom. The largest absolute Gasteiger partial charge is 0.465 e.